The molecule has 0 spiro atoms. The van der Waals surface area contributed by atoms with Gasteiger partial charge in [-0.1, -0.05) is 26.8 Å². The Balaban J connectivity index is 1.65. The summed E-state index contributed by atoms with van der Waals surface area (Å²) in [4.78, 5) is 22.3. The van der Waals surface area contributed by atoms with Crippen molar-refractivity contribution in [3.8, 4) is 0 Å². The van der Waals surface area contributed by atoms with Crippen LogP contribution >= 0.6 is 0 Å². The monoisotopic (exact) mass is 425 g/mol. The molecule has 0 aromatic carbocycles. The number of aromatic nitrogens is 4. The fourth-order valence-electron chi connectivity index (χ4n) is 3.41. The van der Waals surface area contributed by atoms with Crippen LogP contribution in [0.15, 0.2) is 51.8 Å². The van der Waals surface area contributed by atoms with Gasteiger partial charge in [0.05, 0.1) is 23.9 Å². The molecule has 4 rings (SSSR count). The van der Waals surface area contributed by atoms with Gasteiger partial charge in [-0.05, 0) is 19.1 Å². The van der Waals surface area contributed by atoms with Gasteiger partial charge in [0, 0.05) is 30.3 Å². The lowest BCUT2D eigenvalue weighted by Crippen LogP contribution is -2.41. The normalized spacial score (nSPS) is 20.5. The number of allylic oxidation sites excluding steroid dienone is 4. The van der Waals surface area contributed by atoms with Gasteiger partial charge in [-0.3, -0.25) is 4.79 Å². The molecule has 2 aliphatic heterocycles. The summed E-state index contributed by atoms with van der Waals surface area (Å²) in [6.07, 6.45) is 9.97. The molecule has 0 unspecified atom stereocenters. The summed E-state index contributed by atoms with van der Waals surface area (Å²) in [7, 11) is 0. The van der Waals surface area contributed by atoms with Crippen molar-refractivity contribution in [3.05, 3.63) is 65.4 Å². The van der Waals surface area contributed by atoms with Crippen molar-refractivity contribution >= 4 is 12.1 Å². The molecular formula is C21H24FN7O2. The number of amides is 1. The molecule has 4 heterocycles. The molecule has 2 aromatic rings. The first kappa shape index (κ1) is 20.7. The molecule has 2 aliphatic rings. The van der Waals surface area contributed by atoms with E-state index in [9.17, 15) is 9.18 Å². The van der Waals surface area contributed by atoms with Crippen LogP contribution in [-0.4, -0.2) is 48.7 Å². The van der Waals surface area contributed by atoms with Crippen molar-refractivity contribution in [2.45, 2.75) is 45.6 Å². The number of rotatable bonds is 3. The molecule has 0 saturated heterocycles. The summed E-state index contributed by atoms with van der Waals surface area (Å²) in [5.74, 6) is -0.486. The Hall–Kier alpha value is -3.56. The zero-order valence-electron chi connectivity index (χ0n) is 17.8. The van der Waals surface area contributed by atoms with Crippen LogP contribution in [0.4, 0.5) is 4.39 Å². The molecule has 1 amide bonds. The minimum absolute atomic E-state index is 0.0803. The SMILES string of the molecule is C/C=C1/C(F)=CC=CN1/N=C/[C@H]1c2nc[nH]c2CCN1C(=O)c1nnc(C(C)(C)C)o1. The molecule has 0 saturated carbocycles. The summed E-state index contributed by atoms with van der Waals surface area (Å²) < 4.78 is 19.7. The quantitative estimate of drug-likeness (QED) is 0.756. The van der Waals surface area contributed by atoms with E-state index in [0.29, 0.717) is 30.2 Å². The smallest absolute Gasteiger partial charge is 0.312 e. The Labute approximate surface area is 179 Å². The Morgan fingerprint density at radius 1 is 1.39 bits per heavy atom. The third-order valence-corrected chi connectivity index (χ3v) is 5.05. The predicted octanol–water partition coefficient (Wildman–Crippen LogP) is 3.40. The van der Waals surface area contributed by atoms with Gasteiger partial charge in [0.15, 0.2) is 0 Å². The highest BCUT2D eigenvalue weighted by Crippen LogP contribution is 2.29. The standard InChI is InChI=1S/C21H24FN7O2/c1-5-15-13(22)7-6-9-29(15)25-11-16-17-14(23-12-24-17)8-10-28(16)19(30)18-26-27-20(31-18)21(2,3)4/h5-7,9,11-12,16H,8,10H2,1-4H3,(H,23,24)/b15-5-,25-11+/t16-/m0/s1. The third kappa shape index (κ3) is 3.92. The van der Waals surface area contributed by atoms with Crippen LogP contribution in [0, 0.1) is 0 Å². The first-order valence-corrected chi connectivity index (χ1v) is 10.0. The van der Waals surface area contributed by atoms with Crippen LogP contribution in [0.5, 0.6) is 0 Å². The van der Waals surface area contributed by atoms with E-state index in [1.807, 2.05) is 20.8 Å². The van der Waals surface area contributed by atoms with E-state index in [0.717, 1.165) is 5.69 Å². The van der Waals surface area contributed by atoms with Crippen molar-refractivity contribution in [2.24, 2.45) is 5.10 Å². The predicted molar refractivity (Wildman–Crippen MR) is 111 cm³/mol. The minimum atomic E-state index is -0.576. The number of fused-ring (bicyclic) bond motifs is 1. The lowest BCUT2D eigenvalue weighted by Gasteiger charge is -2.32. The molecule has 2 aromatic heterocycles. The molecule has 0 bridgehead atoms. The highest BCUT2D eigenvalue weighted by Gasteiger charge is 2.35. The number of carbonyl (C=O) groups excluding carboxylic acids is 1. The minimum Gasteiger partial charge on any atom is -0.416 e. The van der Waals surface area contributed by atoms with Crippen LogP contribution < -0.4 is 0 Å². The van der Waals surface area contributed by atoms with Gasteiger partial charge in [0.1, 0.15) is 11.9 Å². The molecule has 1 N–H and O–H groups in total. The van der Waals surface area contributed by atoms with Gasteiger partial charge in [-0.25, -0.2) is 14.4 Å². The number of nitrogens with one attached hydrogen (secondary N) is 1. The second kappa shape index (κ2) is 7.93. The zero-order chi connectivity index (χ0) is 22.2. The Morgan fingerprint density at radius 3 is 2.90 bits per heavy atom. The Kier molecular flexibility index (Phi) is 5.30. The topological polar surface area (TPSA) is 104 Å². The van der Waals surface area contributed by atoms with Gasteiger partial charge in [0.25, 0.3) is 0 Å². The number of carbonyl (C=O) groups is 1. The van der Waals surface area contributed by atoms with Crippen molar-refractivity contribution < 1.29 is 13.6 Å². The lowest BCUT2D eigenvalue weighted by atomic mass is 9.97. The molecule has 1 atom stereocenters. The Morgan fingerprint density at radius 2 is 2.19 bits per heavy atom. The highest BCUT2D eigenvalue weighted by molar-refractivity contribution is 5.92. The maximum Gasteiger partial charge on any atom is 0.312 e. The summed E-state index contributed by atoms with van der Waals surface area (Å²) >= 11 is 0. The van der Waals surface area contributed by atoms with Crippen molar-refractivity contribution in [1.82, 2.24) is 30.1 Å². The van der Waals surface area contributed by atoms with Gasteiger partial charge >= 0.3 is 11.8 Å². The molecule has 162 valence electrons. The fourth-order valence-corrected chi connectivity index (χ4v) is 3.41. The number of aromatic amines is 1. The van der Waals surface area contributed by atoms with E-state index in [2.05, 4.69) is 25.3 Å². The summed E-state index contributed by atoms with van der Waals surface area (Å²) in [5, 5.41) is 13.8. The molecule has 9 nitrogen and oxygen atoms in total. The number of hydrogen-bond acceptors (Lipinski definition) is 7. The Bertz CT molecular complexity index is 1100. The van der Waals surface area contributed by atoms with E-state index >= 15 is 0 Å². The van der Waals surface area contributed by atoms with E-state index < -0.39 is 11.9 Å². The number of H-pyrrole nitrogens is 1. The van der Waals surface area contributed by atoms with Gasteiger partial charge in [0.2, 0.25) is 5.89 Å². The van der Waals surface area contributed by atoms with Crippen LogP contribution in [0.3, 0.4) is 0 Å². The number of halogens is 1. The van der Waals surface area contributed by atoms with Crippen LogP contribution in [0.25, 0.3) is 0 Å². The maximum absolute atomic E-state index is 14.1. The van der Waals surface area contributed by atoms with E-state index in [4.69, 9.17) is 4.42 Å². The molecule has 0 aliphatic carbocycles. The van der Waals surface area contributed by atoms with Crippen LogP contribution in [0.2, 0.25) is 0 Å². The van der Waals surface area contributed by atoms with Gasteiger partial charge < -0.3 is 14.3 Å². The average Bonchev–Trinajstić information content (AvgIpc) is 3.41. The second-order valence-electron chi connectivity index (χ2n) is 8.26. The first-order chi connectivity index (χ1) is 14.8. The van der Waals surface area contributed by atoms with Crippen molar-refractivity contribution in [1.29, 1.82) is 0 Å². The highest BCUT2D eigenvalue weighted by atomic mass is 19.1. The lowest BCUT2D eigenvalue weighted by molar-refractivity contribution is 0.0668. The molecular weight excluding hydrogens is 401 g/mol. The van der Waals surface area contributed by atoms with Crippen molar-refractivity contribution in [2.75, 3.05) is 6.54 Å². The number of imidazole rings is 1. The number of hydrazone groups is 1. The summed E-state index contributed by atoms with van der Waals surface area (Å²) in [5.41, 5.74) is 1.55. The largest absolute Gasteiger partial charge is 0.416 e. The second-order valence-corrected chi connectivity index (χ2v) is 8.26. The third-order valence-electron chi connectivity index (χ3n) is 5.05. The van der Waals surface area contributed by atoms with Crippen molar-refractivity contribution in [3.63, 3.8) is 0 Å². The first-order valence-electron chi connectivity index (χ1n) is 10.0. The molecule has 0 radical (unpaired) electrons. The average molecular weight is 425 g/mol. The van der Waals surface area contributed by atoms with E-state index in [1.54, 1.807) is 42.7 Å². The maximum atomic E-state index is 14.1. The van der Waals surface area contributed by atoms with Gasteiger partial charge in [-0.15, -0.1) is 10.2 Å². The van der Waals surface area contributed by atoms with E-state index in [-0.39, 0.29) is 17.1 Å². The van der Waals surface area contributed by atoms with Crippen LogP contribution in [0.1, 0.15) is 61.7 Å². The fraction of sp³-hybridized carbons (Fsp3) is 0.381. The number of hydrogen-bond donors (Lipinski definition) is 1. The molecule has 0 fully saturated rings. The van der Waals surface area contributed by atoms with E-state index in [1.165, 1.54) is 11.1 Å². The summed E-state index contributed by atoms with van der Waals surface area (Å²) in [6.45, 7) is 7.94. The molecule has 31 heavy (non-hydrogen) atoms. The van der Waals surface area contributed by atoms with Gasteiger partial charge in [-0.2, -0.15) is 5.10 Å². The molecule has 10 heteroatoms. The summed E-state index contributed by atoms with van der Waals surface area (Å²) in [6, 6.07) is -0.576. The zero-order valence-corrected chi connectivity index (χ0v) is 17.8. The van der Waals surface area contributed by atoms with Crippen LogP contribution in [-0.2, 0) is 11.8 Å². The number of nitrogens with zero attached hydrogens (tertiary/aromatic N) is 6.